The zero-order valence-corrected chi connectivity index (χ0v) is 19.6. The lowest BCUT2D eigenvalue weighted by Gasteiger charge is -2.09. The van der Waals surface area contributed by atoms with E-state index in [1.54, 1.807) is 11.3 Å². The number of hydrogen-bond acceptors (Lipinski definition) is 4. The molecule has 0 atom stereocenters. The number of imidazole rings is 1. The van der Waals surface area contributed by atoms with Gasteiger partial charge in [-0.3, -0.25) is 4.79 Å². The Kier molecular flexibility index (Phi) is 6.54. The highest BCUT2D eigenvalue weighted by Crippen LogP contribution is 2.36. The van der Waals surface area contributed by atoms with Gasteiger partial charge >= 0.3 is 0 Å². The van der Waals surface area contributed by atoms with Crippen molar-refractivity contribution >= 4 is 34.4 Å². The molecule has 3 heterocycles. The molecule has 31 heavy (non-hydrogen) atoms. The van der Waals surface area contributed by atoms with E-state index < -0.39 is 0 Å². The minimum Gasteiger partial charge on any atom is -0.305 e. The summed E-state index contributed by atoms with van der Waals surface area (Å²) in [6.45, 7) is 6.48. The molecule has 0 radical (unpaired) electrons. The van der Waals surface area contributed by atoms with Crippen LogP contribution in [0.3, 0.4) is 0 Å². The Balaban J connectivity index is 1.85. The number of thiazole rings is 1. The maximum Gasteiger partial charge on any atom is 0.182 e. The van der Waals surface area contributed by atoms with Crippen molar-refractivity contribution in [3.05, 3.63) is 64.6 Å². The Labute approximate surface area is 191 Å². The number of ketones is 1. The summed E-state index contributed by atoms with van der Waals surface area (Å²) in [6, 6.07) is 9.86. The van der Waals surface area contributed by atoms with Gasteiger partial charge in [0.05, 0.1) is 9.88 Å². The number of carbonyl (C=O) groups is 1. The van der Waals surface area contributed by atoms with E-state index in [1.807, 2.05) is 47.3 Å². The number of carbonyl (C=O) groups excluding carboxylic acids is 1. The van der Waals surface area contributed by atoms with Gasteiger partial charge in [0.2, 0.25) is 0 Å². The van der Waals surface area contributed by atoms with E-state index in [-0.39, 0.29) is 5.78 Å². The number of hydrogen-bond donors (Lipinski definition) is 0. The Morgan fingerprint density at radius 1 is 1.19 bits per heavy atom. The molecule has 0 saturated carbocycles. The topological polar surface area (TPSA) is 47.3 Å². The standard InChI is InChI=1S/C25H26ClN3OS/c1-4-5-10-22(30)21-15-29-14-17(23-13-27-24(31-23)11-16(2)3)12-19(25(29)28-21)18-8-6-7-9-20(18)26/h6-9,12-16H,4-5,10-11H2,1-3H3. The van der Waals surface area contributed by atoms with Crippen molar-refractivity contribution in [1.82, 2.24) is 14.4 Å². The highest BCUT2D eigenvalue weighted by molar-refractivity contribution is 7.15. The molecule has 0 unspecified atom stereocenters. The Hall–Kier alpha value is -2.50. The molecule has 0 N–H and O–H groups in total. The fourth-order valence-electron chi connectivity index (χ4n) is 3.60. The number of benzene rings is 1. The summed E-state index contributed by atoms with van der Waals surface area (Å²) >= 11 is 8.25. The van der Waals surface area contributed by atoms with Crippen LogP contribution in [0.2, 0.25) is 5.02 Å². The van der Waals surface area contributed by atoms with E-state index in [0.717, 1.165) is 51.5 Å². The van der Waals surface area contributed by atoms with E-state index in [1.165, 1.54) is 0 Å². The molecule has 0 aliphatic rings. The highest BCUT2D eigenvalue weighted by Gasteiger charge is 2.17. The lowest BCUT2D eigenvalue weighted by molar-refractivity contribution is 0.0975. The molecular formula is C25H26ClN3OS. The number of unbranched alkanes of at least 4 members (excludes halogenated alkanes) is 1. The van der Waals surface area contributed by atoms with E-state index in [4.69, 9.17) is 16.6 Å². The van der Waals surface area contributed by atoms with Gasteiger partial charge in [-0.15, -0.1) is 11.3 Å². The molecule has 0 amide bonds. The minimum atomic E-state index is 0.0780. The zero-order valence-electron chi connectivity index (χ0n) is 18.1. The molecule has 3 aromatic heterocycles. The predicted octanol–water partition coefficient (Wildman–Crippen LogP) is 7.35. The molecule has 0 saturated heterocycles. The first-order chi connectivity index (χ1) is 15.0. The van der Waals surface area contributed by atoms with Crippen LogP contribution in [0, 0.1) is 5.92 Å². The van der Waals surface area contributed by atoms with Gasteiger partial charge in [-0.2, -0.15) is 0 Å². The molecule has 0 spiro atoms. The third-order valence-electron chi connectivity index (χ3n) is 5.18. The largest absolute Gasteiger partial charge is 0.305 e. The molecule has 1 aromatic carbocycles. The Morgan fingerprint density at radius 3 is 2.74 bits per heavy atom. The molecule has 0 aliphatic heterocycles. The fourth-order valence-corrected chi connectivity index (χ4v) is 4.95. The van der Waals surface area contributed by atoms with Gasteiger partial charge < -0.3 is 4.40 Å². The molecule has 0 aliphatic carbocycles. The van der Waals surface area contributed by atoms with Crippen molar-refractivity contribution in [2.24, 2.45) is 5.92 Å². The van der Waals surface area contributed by atoms with Gasteiger partial charge in [0.25, 0.3) is 0 Å². The van der Waals surface area contributed by atoms with Gasteiger partial charge in [0.1, 0.15) is 11.3 Å². The number of aromatic nitrogens is 3. The molecule has 160 valence electrons. The summed E-state index contributed by atoms with van der Waals surface area (Å²) < 4.78 is 1.95. The number of halogens is 1. The molecule has 0 bridgehead atoms. The van der Waals surface area contributed by atoms with Crippen molar-refractivity contribution in [1.29, 1.82) is 0 Å². The highest BCUT2D eigenvalue weighted by atomic mass is 35.5. The van der Waals surface area contributed by atoms with E-state index in [2.05, 4.69) is 31.8 Å². The average molecular weight is 452 g/mol. The van der Waals surface area contributed by atoms with Crippen molar-refractivity contribution in [3.8, 4) is 21.6 Å². The number of Topliss-reactive ketones (excluding diaryl/α,β-unsaturated/α-hetero) is 1. The minimum absolute atomic E-state index is 0.0780. The van der Waals surface area contributed by atoms with Crippen LogP contribution >= 0.6 is 22.9 Å². The quantitative estimate of drug-likeness (QED) is 0.263. The molecule has 6 heteroatoms. The molecular weight excluding hydrogens is 426 g/mol. The van der Waals surface area contributed by atoms with Crippen molar-refractivity contribution in [2.75, 3.05) is 0 Å². The maximum atomic E-state index is 12.6. The van der Waals surface area contributed by atoms with E-state index >= 15 is 0 Å². The van der Waals surface area contributed by atoms with Gasteiger partial charge in [0.15, 0.2) is 5.78 Å². The third-order valence-corrected chi connectivity index (χ3v) is 6.58. The Morgan fingerprint density at radius 2 is 2.00 bits per heavy atom. The summed E-state index contributed by atoms with van der Waals surface area (Å²) in [5.41, 5.74) is 4.10. The van der Waals surface area contributed by atoms with Gasteiger partial charge in [0, 0.05) is 53.1 Å². The third kappa shape index (κ3) is 4.73. The second-order valence-electron chi connectivity index (χ2n) is 8.22. The first-order valence-electron chi connectivity index (χ1n) is 10.7. The fraction of sp³-hybridized carbons (Fsp3) is 0.320. The molecule has 4 aromatic rings. The predicted molar refractivity (Wildman–Crippen MR) is 129 cm³/mol. The van der Waals surface area contributed by atoms with Crippen LogP contribution in [0.1, 0.15) is 55.5 Å². The zero-order chi connectivity index (χ0) is 22.0. The summed E-state index contributed by atoms with van der Waals surface area (Å²) in [5, 5.41) is 1.79. The van der Waals surface area contributed by atoms with Gasteiger partial charge in [-0.25, -0.2) is 9.97 Å². The van der Waals surface area contributed by atoms with Crippen LogP contribution in [0.15, 0.2) is 48.9 Å². The number of rotatable bonds is 8. The normalized spacial score (nSPS) is 11.5. The van der Waals surface area contributed by atoms with Crippen molar-refractivity contribution in [2.45, 2.75) is 46.5 Å². The lowest BCUT2D eigenvalue weighted by Crippen LogP contribution is -1.98. The summed E-state index contributed by atoms with van der Waals surface area (Å²) in [7, 11) is 0. The molecule has 4 rings (SSSR count). The van der Waals surface area contributed by atoms with Crippen molar-refractivity contribution in [3.63, 3.8) is 0 Å². The first kappa shape index (κ1) is 21.7. The summed E-state index contributed by atoms with van der Waals surface area (Å²) in [5.74, 6) is 0.639. The molecule has 0 fully saturated rings. The van der Waals surface area contributed by atoms with Crippen LogP contribution < -0.4 is 0 Å². The number of nitrogens with zero attached hydrogens (tertiary/aromatic N) is 3. The summed E-state index contributed by atoms with van der Waals surface area (Å²) in [6.07, 6.45) is 9.14. The molecule has 4 nitrogen and oxygen atoms in total. The average Bonchev–Trinajstić information content (AvgIpc) is 3.38. The number of fused-ring (bicyclic) bond motifs is 1. The van der Waals surface area contributed by atoms with E-state index in [0.29, 0.717) is 23.1 Å². The van der Waals surface area contributed by atoms with Crippen LogP contribution in [0.5, 0.6) is 0 Å². The monoisotopic (exact) mass is 451 g/mol. The maximum absolute atomic E-state index is 12.6. The number of pyridine rings is 1. The van der Waals surface area contributed by atoms with Crippen LogP contribution in [0.4, 0.5) is 0 Å². The van der Waals surface area contributed by atoms with Crippen LogP contribution in [-0.2, 0) is 6.42 Å². The van der Waals surface area contributed by atoms with Gasteiger partial charge in [-0.1, -0.05) is 57.0 Å². The first-order valence-corrected chi connectivity index (χ1v) is 11.9. The van der Waals surface area contributed by atoms with Crippen molar-refractivity contribution < 1.29 is 4.79 Å². The smallest absolute Gasteiger partial charge is 0.182 e. The SMILES string of the molecule is CCCCC(=O)c1cn2cc(-c3cnc(CC(C)C)s3)cc(-c3ccccc3Cl)c2n1. The van der Waals surface area contributed by atoms with Gasteiger partial charge in [-0.05, 0) is 24.5 Å². The second kappa shape index (κ2) is 9.33. The van der Waals surface area contributed by atoms with Crippen LogP contribution in [-0.4, -0.2) is 20.2 Å². The summed E-state index contributed by atoms with van der Waals surface area (Å²) in [4.78, 5) is 23.1. The van der Waals surface area contributed by atoms with Crippen LogP contribution in [0.25, 0.3) is 27.2 Å². The Bertz CT molecular complexity index is 1220. The van der Waals surface area contributed by atoms with E-state index in [9.17, 15) is 4.79 Å². The lowest BCUT2D eigenvalue weighted by atomic mass is 10.0. The second-order valence-corrected chi connectivity index (χ2v) is 9.74.